The molecule has 0 bridgehead atoms. The third kappa shape index (κ3) is 3.04. The predicted octanol–water partition coefficient (Wildman–Crippen LogP) is 3.78. The van der Waals surface area contributed by atoms with Gasteiger partial charge >= 0.3 is 12.1 Å². The van der Waals surface area contributed by atoms with Gasteiger partial charge in [0.1, 0.15) is 5.69 Å². The first kappa shape index (κ1) is 16.2. The number of aromatic nitrogens is 3. The first-order chi connectivity index (χ1) is 11.4. The van der Waals surface area contributed by atoms with Gasteiger partial charge in [-0.25, -0.2) is 14.5 Å². The molecular weight excluding hydrogens is 347 g/mol. The Kier molecular flexibility index (Phi) is 4.14. The molecule has 6 nitrogen and oxygen atoms in total. The molecule has 24 heavy (non-hydrogen) atoms. The Balaban J connectivity index is 2.07. The summed E-state index contributed by atoms with van der Waals surface area (Å²) in [6.45, 7) is 1.81. The van der Waals surface area contributed by atoms with E-state index in [1.165, 1.54) is 17.7 Å². The van der Waals surface area contributed by atoms with Crippen molar-refractivity contribution in [3.63, 3.8) is 0 Å². The van der Waals surface area contributed by atoms with Gasteiger partial charge in [-0.15, -0.1) is 11.3 Å². The molecule has 0 aliphatic rings. The summed E-state index contributed by atoms with van der Waals surface area (Å²) in [7, 11) is 0. The highest BCUT2D eigenvalue weighted by atomic mass is 32.1. The van der Waals surface area contributed by atoms with Crippen molar-refractivity contribution in [1.82, 2.24) is 14.8 Å². The number of carbonyl (C=O) groups is 1. The first-order valence-corrected chi connectivity index (χ1v) is 7.62. The van der Waals surface area contributed by atoms with Crippen molar-refractivity contribution in [3.8, 4) is 16.6 Å². The van der Waals surface area contributed by atoms with Crippen LogP contribution in [0.3, 0.4) is 0 Å². The van der Waals surface area contributed by atoms with Gasteiger partial charge in [0, 0.05) is 11.4 Å². The third-order valence-electron chi connectivity index (χ3n) is 2.93. The number of esters is 1. The van der Waals surface area contributed by atoms with Crippen LogP contribution in [0.4, 0.5) is 13.2 Å². The topological polar surface area (TPSA) is 70.2 Å². The molecule has 126 valence electrons. The summed E-state index contributed by atoms with van der Waals surface area (Å²) in [6, 6.07) is 3.92. The minimum Gasteiger partial charge on any atom is -0.463 e. The fraction of sp³-hybridized carbons (Fsp3) is 0.214. The summed E-state index contributed by atoms with van der Waals surface area (Å²) >= 11 is 0.972. The predicted molar refractivity (Wildman–Crippen MR) is 77.9 cm³/mol. The molecule has 3 aromatic heterocycles. The van der Waals surface area contributed by atoms with E-state index in [-0.39, 0.29) is 28.9 Å². The Morgan fingerprint density at radius 1 is 1.46 bits per heavy atom. The molecule has 3 aromatic rings. The highest BCUT2D eigenvalue weighted by molar-refractivity contribution is 7.12. The maximum Gasteiger partial charge on any atom is 0.435 e. The second kappa shape index (κ2) is 6.11. The Labute approximate surface area is 137 Å². The normalized spacial score (nSPS) is 11.7. The van der Waals surface area contributed by atoms with E-state index in [1.807, 2.05) is 0 Å². The van der Waals surface area contributed by atoms with Crippen LogP contribution in [0.5, 0.6) is 0 Å². The van der Waals surface area contributed by atoms with E-state index in [4.69, 9.17) is 9.15 Å². The fourth-order valence-corrected chi connectivity index (χ4v) is 2.68. The van der Waals surface area contributed by atoms with E-state index >= 15 is 0 Å². The second-order valence-electron chi connectivity index (χ2n) is 4.54. The van der Waals surface area contributed by atoms with Gasteiger partial charge in [-0.3, -0.25) is 0 Å². The number of carbonyl (C=O) groups excluding carboxylic acids is 1. The van der Waals surface area contributed by atoms with E-state index < -0.39 is 17.8 Å². The van der Waals surface area contributed by atoms with Gasteiger partial charge < -0.3 is 9.15 Å². The van der Waals surface area contributed by atoms with Crippen LogP contribution in [0, 0.1) is 0 Å². The van der Waals surface area contributed by atoms with Crippen molar-refractivity contribution in [3.05, 3.63) is 41.2 Å². The average molecular weight is 357 g/mol. The lowest BCUT2D eigenvalue weighted by Crippen LogP contribution is -2.08. The minimum absolute atomic E-state index is 0.00584. The van der Waals surface area contributed by atoms with Crippen LogP contribution in [0.25, 0.3) is 16.6 Å². The monoisotopic (exact) mass is 357 g/mol. The molecule has 0 saturated heterocycles. The molecule has 0 atom stereocenters. The second-order valence-corrected chi connectivity index (χ2v) is 5.37. The molecule has 3 rings (SSSR count). The molecule has 0 saturated carbocycles. The lowest BCUT2D eigenvalue weighted by Gasteiger charge is -2.01. The van der Waals surface area contributed by atoms with Gasteiger partial charge in [0.05, 0.1) is 12.9 Å². The fourth-order valence-electron chi connectivity index (χ4n) is 1.93. The summed E-state index contributed by atoms with van der Waals surface area (Å²) in [5, 5.41) is 5.05. The van der Waals surface area contributed by atoms with Crippen molar-refractivity contribution in [2.45, 2.75) is 13.1 Å². The summed E-state index contributed by atoms with van der Waals surface area (Å²) in [4.78, 5) is 15.7. The Hall–Kier alpha value is -2.62. The molecular formula is C14H10F3N3O3S. The maximum atomic E-state index is 13.0. The molecule has 3 heterocycles. The summed E-state index contributed by atoms with van der Waals surface area (Å²) in [5.41, 5.74) is -0.995. The summed E-state index contributed by atoms with van der Waals surface area (Å²) in [5.74, 6) is -0.450. The number of nitrogens with zero attached hydrogens (tertiary/aromatic N) is 3. The molecule has 0 aromatic carbocycles. The maximum absolute atomic E-state index is 13.0. The van der Waals surface area contributed by atoms with Crippen molar-refractivity contribution in [2.24, 2.45) is 0 Å². The van der Waals surface area contributed by atoms with Crippen LogP contribution in [0.2, 0.25) is 0 Å². The van der Waals surface area contributed by atoms with Crippen molar-refractivity contribution in [2.75, 3.05) is 6.61 Å². The van der Waals surface area contributed by atoms with Crippen molar-refractivity contribution < 1.29 is 27.1 Å². The SMILES string of the molecule is CCOC(=O)c1csc(-n2nc(C(F)(F)F)cc2-c2ccco2)n1. The van der Waals surface area contributed by atoms with Crippen LogP contribution in [0.1, 0.15) is 23.1 Å². The van der Waals surface area contributed by atoms with Crippen LogP contribution in [0.15, 0.2) is 34.3 Å². The standard InChI is InChI=1S/C14H10F3N3O3S/c1-2-22-12(21)8-7-24-13(18-8)20-9(10-4-3-5-23-10)6-11(19-20)14(15,16)17/h3-7H,2H2,1H3. The lowest BCUT2D eigenvalue weighted by atomic mass is 10.3. The zero-order valence-corrected chi connectivity index (χ0v) is 13.0. The number of halogens is 3. The number of ether oxygens (including phenoxy) is 1. The van der Waals surface area contributed by atoms with Crippen LogP contribution in [-0.2, 0) is 10.9 Å². The number of hydrogen-bond donors (Lipinski definition) is 0. The van der Waals surface area contributed by atoms with E-state index in [1.54, 1.807) is 13.0 Å². The quantitative estimate of drug-likeness (QED) is 0.665. The molecule has 0 spiro atoms. The zero-order chi connectivity index (χ0) is 17.3. The van der Waals surface area contributed by atoms with E-state index in [0.717, 1.165) is 22.1 Å². The van der Waals surface area contributed by atoms with Gasteiger partial charge in [0.15, 0.2) is 17.1 Å². The minimum atomic E-state index is -4.62. The van der Waals surface area contributed by atoms with Crippen LogP contribution >= 0.6 is 11.3 Å². The molecule has 0 aliphatic heterocycles. The molecule has 10 heteroatoms. The van der Waals surface area contributed by atoms with Crippen LogP contribution < -0.4 is 0 Å². The Morgan fingerprint density at radius 2 is 2.25 bits per heavy atom. The van der Waals surface area contributed by atoms with E-state index in [9.17, 15) is 18.0 Å². The lowest BCUT2D eigenvalue weighted by molar-refractivity contribution is -0.141. The zero-order valence-electron chi connectivity index (χ0n) is 12.2. The number of furan rings is 1. The average Bonchev–Trinajstić information content (AvgIpc) is 3.25. The van der Waals surface area contributed by atoms with Crippen molar-refractivity contribution >= 4 is 17.3 Å². The number of hydrogen-bond acceptors (Lipinski definition) is 6. The molecule has 0 N–H and O–H groups in total. The molecule has 0 amide bonds. The van der Waals surface area contributed by atoms with Gasteiger partial charge in [0.25, 0.3) is 0 Å². The van der Waals surface area contributed by atoms with Crippen molar-refractivity contribution in [1.29, 1.82) is 0 Å². The van der Waals surface area contributed by atoms with Gasteiger partial charge in [-0.1, -0.05) is 0 Å². The van der Waals surface area contributed by atoms with Gasteiger partial charge in [-0.2, -0.15) is 18.3 Å². The number of thiazole rings is 1. The molecule has 0 fully saturated rings. The van der Waals surface area contributed by atoms with E-state index in [0.29, 0.717) is 0 Å². The highest BCUT2D eigenvalue weighted by Crippen LogP contribution is 2.33. The Bertz CT molecular complexity index is 852. The van der Waals surface area contributed by atoms with Gasteiger partial charge in [-0.05, 0) is 19.1 Å². The molecule has 0 aliphatic carbocycles. The van der Waals surface area contributed by atoms with E-state index in [2.05, 4.69) is 10.1 Å². The largest absolute Gasteiger partial charge is 0.463 e. The third-order valence-corrected chi connectivity index (χ3v) is 3.75. The summed E-state index contributed by atoms with van der Waals surface area (Å²) in [6.07, 6.45) is -3.28. The first-order valence-electron chi connectivity index (χ1n) is 6.74. The Morgan fingerprint density at radius 3 is 2.88 bits per heavy atom. The number of alkyl halides is 3. The smallest absolute Gasteiger partial charge is 0.435 e. The van der Waals surface area contributed by atoms with Gasteiger partial charge in [0.2, 0.25) is 5.13 Å². The van der Waals surface area contributed by atoms with Crippen LogP contribution in [-0.4, -0.2) is 27.3 Å². The highest BCUT2D eigenvalue weighted by Gasteiger charge is 2.36. The molecule has 0 radical (unpaired) electrons. The number of rotatable bonds is 4. The molecule has 0 unspecified atom stereocenters. The summed E-state index contributed by atoms with van der Waals surface area (Å²) < 4.78 is 49.9.